The molecule has 1 saturated heterocycles. The summed E-state index contributed by atoms with van der Waals surface area (Å²) in [7, 11) is 0. The Morgan fingerprint density at radius 3 is 2.79 bits per heavy atom. The van der Waals surface area contributed by atoms with Gasteiger partial charge in [0.15, 0.2) is 0 Å². The summed E-state index contributed by atoms with van der Waals surface area (Å²) < 4.78 is 0. The number of nitrogens with zero attached hydrogens (tertiary/aromatic N) is 4. The first-order valence-corrected chi connectivity index (χ1v) is 4.63. The van der Waals surface area contributed by atoms with Crippen molar-refractivity contribution in [2.75, 3.05) is 13.1 Å². The molecule has 0 aromatic carbocycles. The number of amides is 1. The summed E-state index contributed by atoms with van der Waals surface area (Å²) >= 11 is 0. The van der Waals surface area contributed by atoms with Crippen LogP contribution in [-0.2, 0) is 11.3 Å². The van der Waals surface area contributed by atoms with Gasteiger partial charge in [-0.1, -0.05) is 0 Å². The molecule has 6 nitrogen and oxygen atoms in total. The van der Waals surface area contributed by atoms with Gasteiger partial charge in [-0.25, -0.2) is 0 Å². The van der Waals surface area contributed by atoms with Gasteiger partial charge in [-0.3, -0.25) is 4.79 Å². The molecular weight excluding hydrogens is 182 g/mol. The molecule has 76 valence electrons. The van der Waals surface area contributed by atoms with Crippen LogP contribution in [-0.4, -0.2) is 44.9 Å². The third-order valence-electron chi connectivity index (χ3n) is 2.32. The first-order valence-electron chi connectivity index (χ1n) is 4.63. The zero-order valence-corrected chi connectivity index (χ0v) is 7.83. The van der Waals surface area contributed by atoms with Gasteiger partial charge in [-0.05, 0) is 6.42 Å². The lowest BCUT2D eigenvalue weighted by Crippen LogP contribution is -2.34. The van der Waals surface area contributed by atoms with Crippen LogP contribution in [0.1, 0.15) is 6.42 Å². The van der Waals surface area contributed by atoms with Crippen LogP contribution in [0.15, 0.2) is 12.4 Å². The molecule has 1 unspecified atom stereocenters. The van der Waals surface area contributed by atoms with Crippen LogP contribution in [0.25, 0.3) is 0 Å². The van der Waals surface area contributed by atoms with E-state index in [4.69, 9.17) is 5.73 Å². The maximum absolute atomic E-state index is 11.6. The molecule has 1 atom stereocenters. The normalized spacial score (nSPS) is 21.5. The molecule has 1 aliphatic rings. The maximum Gasteiger partial charge on any atom is 0.246 e. The van der Waals surface area contributed by atoms with E-state index in [0.29, 0.717) is 6.54 Å². The minimum absolute atomic E-state index is 0.0363. The molecule has 14 heavy (non-hydrogen) atoms. The van der Waals surface area contributed by atoms with E-state index in [2.05, 4.69) is 10.2 Å². The highest BCUT2D eigenvalue weighted by atomic mass is 16.2. The van der Waals surface area contributed by atoms with E-state index in [1.165, 1.54) is 4.80 Å². The summed E-state index contributed by atoms with van der Waals surface area (Å²) in [5, 5.41) is 7.75. The number of aromatic nitrogens is 3. The van der Waals surface area contributed by atoms with E-state index in [1.54, 1.807) is 17.3 Å². The molecule has 2 N–H and O–H groups in total. The Hall–Kier alpha value is -1.43. The molecule has 1 aliphatic heterocycles. The molecule has 1 aromatic rings. The van der Waals surface area contributed by atoms with Crippen LogP contribution >= 0.6 is 0 Å². The largest absolute Gasteiger partial charge is 0.339 e. The van der Waals surface area contributed by atoms with Crippen molar-refractivity contribution in [2.45, 2.75) is 19.0 Å². The third kappa shape index (κ3) is 1.90. The number of likely N-dealkylation sites (tertiary alicyclic amines) is 1. The Labute approximate surface area is 81.7 Å². The van der Waals surface area contributed by atoms with Gasteiger partial charge in [0.25, 0.3) is 0 Å². The van der Waals surface area contributed by atoms with Gasteiger partial charge >= 0.3 is 0 Å². The molecule has 1 fully saturated rings. The Kier molecular flexibility index (Phi) is 2.45. The predicted octanol–water partition coefficient (Wildman–Crippen LogP) is -1.16. The first kappa shape index (κ1) is 9.14. The lowest BCUT2D eigenvalue weighted by Gasteiger charge is -2.14. The van der Waals surface area contributed by atoms with Crippen molar-refractivity contribution in [1.29, 1.82) is 0 Å². The average molecular weight is 195 g/mol. The average Bonchev–Trinajstić information content (AvgIpc) is 2.75. The molecule has 0 bridgehead atoms. The second-order valence-electron chi connectivity index (χ2n) is 3.45. The van der Waals surface area contributed by atoms with E-state index in [1.807, 2.05) is 0 Å². The van der Waals surface area contributed by atoms with Crippen molar-refractivity contribution in [3.05, 3.63) is 12.4 Å². The summed E-state index contributed by atoms with van der Waals surface area (Å²) in [5.41, 5.74) is 5.70. The minimum atomic E-state index is 0.0363. The van der Waals surface area contributed by atoms with Crippen molar-refractivity contribution in [3.63, 3.8) is 0 Å². The SMILES string of the molecule is NC1CCN(C(=O)Cn2nccn2)C1. The quantitative estimate of drug-likeness (QED) is 0.645. The summed E-state index contributed by atoms with van der Waals surface area (Å²) in [6.45, 7) is 1.61. The Morgan fingerprint density at radius 1 is 1.50 bits per heavy atom. The van der Waals surface area contributed by atoms with Crippen LogP contribution in [0.2, 0.25) is 0 Å². The zero-order chi connectivity index (χ0) is 9.97. The number of carbonyl (C=O) groups is 1. The van der Waals surface area contributed by atoms with E-state index < -0.39 is 0 Å². The van der Waals surface area contributed by atoms with Crippen LogP contribution < -0.4 is 5.73 Å². The molecule has 1 amide bonds. The van der Waals surface area contributed by atoms with E-state index in [-0.39, 0.29) is 18.5 Å². The van der Waals surface area contributed by atoms with Crippen LogP contribution in [0, 0.1) is 0 Å². The molecule has 2 rings (SSSR count). The van der Waals surface area contributed by atoms with Crippen molar-refractivity contribution in [1.82, 2.24) is 19.9 Å². The molecule has 1 aromatic heterocycles. The lowest BCUT2D eigenvalue weighted by atomic mass is 10.3. The summed E-state index contributed by atoms with van der Waals surface area (Å²) in [4.78, 5) is 14.8. The second-order valence-corrected chi connectivity index (χ2v) is 3.45. The highest BCUT2D eigenvalue weighted by molar-refractivity contribution is 5.76. The van der Waals surface area contributed by atoms with Crippen LogP contribution in [0.3, 0.4) is 0 Å². The number of hydrogen-bond donors (Lipinski definition) is 1. The standard InChI is InChI=1S/C8H13N5O/c9-7-1-4-12(5-7)8(14)6-13-10-2-3-11-13/h2-3,7H,1,4-6,9H2. The van der Waals surface area contributed by atoms with Crippen LogP contribution in [0.4, 0.5) is 0 Å². The van der Waals surface area contributed by atoms with E-state index in [0.717, 1.165) is 13.0 Å². The molecule has 0 aliphatic carbocycles. The van der Waals surface area contributed by atoms with Gasteiger partial charge in [0, 0.05) is 19.1 Å². The Balaban J connectivity index is 1.90. The maximum atomic E-state index is 11.6. The third-order valence-corrected chi connectivity index (χ3v) is 2.32. The van der Waals surface area contributed by atoms with Crippen LogP contribution in [0.5, 0.6) is 0 Å². The fraction of sp³-hybridized carbons (Fsp3) is 0.625. The zero-order valence-electron chi connectivity index (χ0n) is 7.83. The summed E-state index contributed by atoms with van der Waals surface area (Å²) in [6, 6.07) is 0.129. The Bertz CT molecular complexity index is 310. The topological polar surface area (TPSA) is 77.0 Å². The van der Waals surface area contributed by atoms with Crippen molar-refractivity contribution < 1.29 is 4.79 Å². The number of rotatable bonds is 2. The van der Waals surface area contributed by atoms with Gasteiger partial charge in [0.1, 0.15) is 6.54 Å². The number of nitrogens with two attached hydrogens (primary N) is 1. The van der Waals surface area contributed by atoms with Crippen molar-refractivity contribution in [3.8, 4) is 0 Å². The summed E-state index contributed by atoms with van der Waals surface area (Å²) in [5.74, 6) is 0.0363. The second kappa shape index (κ2) is 3.75. The van der Waals surface area contributed by atoms with Gasteiger partial charge in [-0.15, -0.1) is 0 Å². The number of hydrogen-bond acceptors (Lipinski definition) is 4. The van der Waals surface area contributed by atoms with Crippen molar-refractivity contribution >= 4 is 5.91 Å². The highest BCUT2D eigenvalue weighted by Crippen LogP contribution is 2.07. The van der Waals surface area contributed by atoms with Gasteiger partial charge in [0.05, 0.1) is 12.4 Å². The van der Waals surface area contributed by atoms with Gasteiger partial charge < -0.3 is 10.6 Å². The molecule has 6 heteroatoms. The van der Waals surface area contributed by atoms with E-state index >= 15 is 0 Å². The molecule has 0 radical (unpaired) electrons. The predicted molar refractivity (Wildman–Crippen MR) is 49.2 cm³/mol. The smallest absolute Gasteiger partial charge is 0.246 e. The molecular formula is C8H13N5O. The highest BCUT2D eigenvalue weighted by Gasteiger charge is 2.23. The fourth-order valence-electron chi connectivity index (χ4n) is 1.56. The Morgan fingerprint density at radius 2 is 2.21 bits per heavy atom. The molecule has 2 heterocycles. The first-order chi connectivity index (χ1) is 6.75. The number of carbonyl (C=O) groups excluding carboxylic acids is 1. The monoisotopic (exact) mass is 195 g/mol. The lowest BCUT2D eigenvalue weighted by molar-refractivity contribution is -0.131. The van der Waals surface area contributed by atoms with Crippen molar-refractivity contribution in [2.24, 2.45) is 5.73 Å². The fourth-order valence-corrected chi connectivity index (χ4v) is 1.56. The molecule has 0 saturated carbocycles. The van der Waals surface area contributed by atoms with Gasteiger partial charge in [0.2, 0.25) is 5.91 Å². The summed E-state index contributed by atoms with van der Waals surface area (Å²) in [6.07, 6.45) is 4.00. The minimum Gasteiger partial charge on any atom is -0.339 e. The van der Waals surface area contributed by atoms with Gasteiger partial charge in [-0.2, -0.15) is 15.0 Å². The molecule has 0 spiro atoms. The van der Waals surface area contributed by atoms with E-state index in [9.17, 15) is 4.79 Å².